The highest BCUT2D eigenvalue weighted by molar-refractivity contribution is 6.15. The number of carboxylic acid groups (broad SMARTS) is 1. The van der Waals surface area contributed by atoms with Gasteiger partial charge < -0.3 is 15.2 Å². The zero-order valence-electron chi connectivity index (χ0n) is 14.0. The van der Waals surface area contributed by atoms with Crippen molar-refractivity contribution in [1.29, 1.82) is 0 Å². The molecule has 1 saturated heterocycles. The molecule has 0 bridgehead atoms. The Bertz CT molecular complexity index is 924. The Balaban J connectivity index is 1.65. The number of hydrogen-bond acceptors (Lipinski definition) is 4. The van der Waals surface area contributed by atoms with Gasteiger partial charge in [-0.2, -0.15) is 0 Å². The number of aliphatic carboxylic acids is 1. The van der Waals surface area contributed by atoms with E-state index in [4.69, 9.17) is 9.84 Å². The third-order valence-corrected chi connectivity index (χ3v) is 3.74. The monoisotopic (exact) mass is 370 g/mol. The minimum Gasteiger partial charge on any atom is -0.489 e. The van der Waals surface area contributed by atoms with Gasteiger partial charge in [-0.1, -0.05) is 24.3 Å². The molecule has 1 aliphatic heterocycles. The highest BCUT2D eigenvalue weighted by Crippen LogP contribution is 2.18. The molecule has 0 aliphatic carbocycles. The number of hydrogen-bond donors (Lipinski definition) is 2. The SMILES string of the molecule is O=C(O)CN1C(=O)N/C(=C/c2ccc(OCc3cccc(F)c3)cc2)C1=O. The number of carbonyl (C=O) groups excluding carboxylic acids is 2. The second-order valence-corrected chi connectivity index (χ2v) is 5.76. The Morgan fingerprint density at radius 1 is 1.19 bits per heavy atom. The number of rotatable bonds is 6. The quantitative estimate of drug-likeness (QED) is 0.601. The predicted molar refractivity (Wildman–Crippen MR) is 93.0 cm³/mol. The highest BCUT2D eigenvalue weighted by atomic mass is 19.1. The van der Waals surface area contributed by atoms with Crippen LogP contribution in [0.3, 0.4) is 0 Å². The Labute approximate surface area is 153 Å². The standard InChI is InChI=1S/C19H15FN2O5/c20-14-3-1-2-13(8-14)11-27-15-6-4-12(5-7-15)9-16-18(25)22(10-17(23)24)19(26)21-16/h1-9H,10-11H2,(H,21,26)(H,23,24)/b16-9+. The molecule has 27 heavy (non-hydrogen) atoms. The summed E-state index contributed by atoms with van der Waals surface area (Å²) in [5.41, 5.74) is 1.31. The number of nitrogens with zero attached hydrogens (tertiary/aromatic N) is 1. The van der Waals surface area contributed by atoms with E-state index in [9.17, 15) is 18.8 Å². The molecule has 0 spiro atoms. The van der Waals surface area contributed by atoms with Crippen LogP contribution in [0.15, 0.2) is 54.2 Å². The van der Waals surface area contributed by atoms with Gasteiger partial charge in [0.25, 0.3) is 5.91 Å². The maximum absolute atomic E-state index is 13.1. The third kappa shape index (κ3) is 4.49. The number of carboxylic acids is 1. The molecular formula is C19H15FN2O5. The molecule has 1 fully saturated rings. The molecule has 0 saturated carbocycles. The maximum atomic E-state index is 13.1. The molecule has 3 rings (SSSR count). The van der Waals surface area contributed by atoms with Crippen molar-refractivity contribution in [2.45, 2.75) is 6.61 Å². The molecule has 1 aliphatic rings. The summed E-state index contributed by atoms with van der Waals surface area (Å²) in [6.07, 6.45) is 1.44. The van der Waals surface area contributed by atoms with E-state index in [1.54, 1.807) is 36.4 Å². The van der Waals surface area contributed by atoms with Gasteiger partial charge in [0.2, 0.25) is 0 Å². The first-order valence-corrected chi connectivity index (χ1v) is 7.96. The van der Waals surface area contributed by atoms with E-state index in [-0.39, 0.29) is 18.1 Å². The van der Waals surface area contributed by atoms with Crippen LogP contribution in [-0.4, -0.2) is 34.5 Å². The Kier molecular flexibility index (Phi) is 5.16. The van der Waals surface area contributed by atoms with Crippen molar-refractivity contribution < 1.29 is 28.6 Å². The lowest BCUT2D eigenvalue weighted by Gasteiger charge is -2.07. The summed E-state index contributed by atoms with van der Waals surface area (Å²) in [7, 11) is 0. The Morgan fingerprint density at radius 2 is 1.93 bits per heavy atom. The highest BCUT2D eigenvalue weighted by Gasteiger charge is 2.34. The zero-order valence-corrected chi connectivity index (χ0v) is 14.0. The van der Waals surface area contributed by atoms with Crippen LogP contribution in [0.25, 0.3) is 6.08 Å². The second kappa shape index (κ2) is 7.69. The number of amides is 3. The maximum Gasteiger partial charge on any atom is 0.329 e. The minimum absolute atomic E-state index is 0.00493. The number of ether oxygens (including phenoxy) is 1. The van der Waals surface area contributed by atoms with E-state index < -0.39 is 24.5 Å². The van der Waals surface area contributed by atoms with Gasteiger partial charge in [-0.3, -0.25) is 9.59 Å². The Morgan fingerprint density at radius 3 is 2.59 bits per heavy atom. The van der Waals surface area contributed by atoms with E-state index in [0.29, 0.717) is 21.8 Å². The summed E-state index contributed by atoms with van der Waals surface area (Å²) in [6, 6.07) is 12.0. The van der Waals surface area contributed by atoms with Gasteiger partial charge in [-0.15, -0.1) is 0 Å². The second-order valence-electron chi connectivity index (χ2n) is 5.76. The van der Waals surface area contributed by atoms with E-state index in [1.165, 1.54) is 18.2 Å². The summed E-state index contributed by atoms with van der Waals surface area (Å²) in [5, 5.41) is 11.1. The van der Waals surface area contributed by atoms with Crippen LogP contribution in [0.5, 0.6) is 5.75 Å². The normalized spacial score (nSPS) is 15.1. The Hall–Kier alpha value is -3.68. The van der Waals surface area contributed by atoms with Crippen molar-refractivity contribution in [3.63, 3.8) is 0 Å². The van der Waals surface area contributed by atoms with Crippen molar-refractivity contribution in [3.05, 3.63) is 71.2 Å². The first-order valence-electron chi connectivity index (χ1n) is 7.96. The summed E-state index contributed by atoms with van der Waals surface area (Å²) in [5.74, 6) is -1.76. The molecule has 0 unspecified atom stereocenters. The number of halogens is 1. The van der Waals surface area contributed by atoms with Gasteiger partial charge in [-0.25, -0.2) is 14.1 Å². The van der Waals surface area contributed by atoms with Crippen LogP contribution in [0.1, 0.15) is 11.1 Å². The average molecular weight is 370 g/mol. The molecule has 0 aromatic heterocycles. The topological polar surface area (TPSA) is 95.9 Å². The third-order valence-electron chi connectivity index (χ3n) is 3.74. The van der Waals surface area contributed by atoms with E-state index in [1.807, 2.05) is 0 Å². The molecule has 0 atom stereocenters. The molecule has 2 aromatic rings. The lowest BCUT2D eigenvalue weighted by atomic mass is 10.2. The number of imide groups is 1. The first kappa shape index (κ1) is 18.1. The molecule has 2 N–H and O–H groups in total. The van der Waals surface area contributed by atoms with Crippen molar-refractivity contribution in [3.8, 4) is 5.75 Å². The van der Waals surface area contributed by atoms with E-state index >= 15 is 0 Å². The molecule has 7 nitrogen and oxygen atoms in total. The molecule has 3 amide bonds. The van der Waals surface area contributed by atoms with Crippen LogP contribution in [0.4, 0.5) is 9.18 Å². The van der Waals surface area contributed by atoms with Crippen molar-refractivity contribution in [2.24, 2.45) is 0 Å². The fourth-order valence-corrected chi connectivity index (χ4v) is 2.47. The molecule has 2 aromatic carbocycles. The lowest BCUT2D eigenvalue weighted by molar-refractivity contribution is -0.140. The number of nitrogens with one attached hydrogen (secondary N) is 1. The molecule has 1 heterocycles. The first-order chi connectivity index (χ1) is 12.9. The van der Waals surface area contributed by atoms with Crippen LogP contribution in [-0.2, 0) is 16.2 Å². The molecular weight excluding hydrogens is 355 g/mol. The van der Waals surface area contributed by atoms with Gasteiger partial charge in [0.05, 0.1) is 0 Å². The molecule has 0 radical (unpaired) electrons. The summed E-state index contributed by atoms with van der Waals surface area (Å²) in [6.45, 7) is -0.494. The van der Waals surface area contributed by atoms with Gasteiger partial charge in [0, 0.05) is 0 Å². The number of carbonyl (C=O) groups is 3. The minimum atomic E-state index is -1.28. The van der Waals surface area contributed by atoms with Crippen molar-refractivity contribution in [2.75, 3.05) is 6.54 Å². The van der Waals surface area contributed by atoms with Crippen LogP contribution >= 0.6 is 0 Å². The van der Waals surface area contributed by atoms with Crippen LogP contribution in [0.2, 0.25) is 0 Å². The van der Waals surface area contributed by atoms with Gasteiger partial charge in [-0.05, 0) is 41.5 Å². The van der Waals surface area contributed by atoms with E-state index in [0.717, 1.165) is 0 Å². The van der Waals surface area contributed by atoms with Crippen molar-refractivity contribution >= 4 is 24.0 Å². The van der Waals surface area contributed by atoms with Crippen LogP contribution < -0.4 is 10.1 Å². The zero-order chi connectivity index (χ0) is 19.4. The fourth-order valence-electron chi connectivity index (χ4n) is 2.47. The lowest BCUT2D eigenvalue weighted by Crippen LogP contribution is -2.35. The largest absolute Gasteiger partial charge is 0.489 e. The van der Waals surface area contributed by atoms with Gasteiger partial charge >= 0.3 is 12.0 Å². The fraction of sp³-hybridized carbons (Fsp3) is 0.105. The average Bonchev–Trinajstić information content (AvgIpc) is 2.88. The smallest absolute Gasteiger partial charge is 0.329 e. The molecule has 138 valence electrons. The van der Waals surface area contributed by atoms with Crippen LogP contribution in [0, 0.1) is 5.82 Å². The summed E-state index contributed by atoms with van der Waals surface area (Å²) >= 11 is 0. The van der Waals surface area contributed by atoms with Gasteiger partial charge in [0.15, 0.2) is 0 Å². The van der Waals surface area contributed by atoms with Crippen molar-refractivity contribution in [1.82, 2.24) is 10.2 Å². The molecule has 8 heteroatoms. The summed E-state index contributed by atoms with van der Waals surface area (Å²) < 4.78 is 18.7. The number of urea groups is 1. The van der Waals surface area contributed by atoms with Gasteiger partial charge in [0.1, 0.15) is 30.4 Å². The van der Waals surface area contributed by atoms with E-state index in [2.05, 4.69) is 5.32 Å². The number of benzene rings is 2. The predicted octanol–water partition coefficient (Wildman–Crippen LogP) is 2.38. The summed E-state index contributed by atoms with van der Waals surface area (Å²) in [4.78, 5) is 35.0.